The minimum atomic E-state index is 0.311. The zero-order chi connectivity index (χ0) is 9.68. The van der Waals surface area contributed by atoms with E-state index in [0.717, 1.165) is 24.0 Å². The molecule has 72 valence electrons. The third-order valence-corrected chi connectivity index (χ3v) is 1.95. The molecular formula is C10H15NO2. The maximum atomic E-state index is 9.35. The molecule has 0 bridgehead atoms. The van der Waals surface area contributed by atoms with Crippen molar-refractivity contribution in [2.75, 3.05) is 6.61 Å². The van der Waals surface area contributed by atoms with Crippen LogP contribution in [0.5, 0.6) is 5.75 Å². The van der Waals surface area contributed by atoms with Gasteiger partial charge in [0.25, 0.3) is 0 Å². The van der Waals surface area contributed by atoms with Crippen molar-refractivity contribution in [3.05, 3.63) is 29.3 Å². The van der Waals surface area contributed by atoms with Gasteiger partial charge in [0.15, 0.2) is 0 Å². The topological polar surface area (TPSA) is 55.5 Å². The Kier molecular flexibility index (Phi) is 3.73. The van der Waals surface area contributed by atoms with Gasteiger partial charge in [0.05, 0.1) is 6.61 Å². The maximum absolute atomic E-state index is 9.35. The molecular weight excluding hydrogens is 166 g/mol. The molecule has 0 saturated heterocycles. The Morgan fingerprint density at radius 1 is 1.31 bits per heavy atom. The molecule has 0 aliphatic rings. The number of benzene rings is 1. The van der Waals surface area contributed by atoms with Crippen LogP contribution in [0.1, 0.15) is 18.1 Å². The number of phenolic OH excluding ortho intramolecular Hbond substituents is 1. The van der Waals surface area contributed by atoms with Crippen LogP contribution in [-0.4, -0.2) is 11.7 Å². The van der Waals surface area contributed by atoms with E-state index in [1.165, 1.54) is 0 Å². The highest BCUT2D eigenvalue weighted by Crippen LogP contribution is 2.16. The van der Waals surface area contributed by atoms with Crippen LogP contribution in [0.15, 0.2) is 18.2 Å². The zero-order valence-electron chi connectivity index (χ0n) is 7.79. The number of hydrogen-bond acceptors (Lipinski definition) is 3. The average Bonchev–Trinajstić information content (AvgIpc) is 2.14. The summed E-state index contributed by atoms with van der Waals surface area (Å²) < 4.78 is 0. The van der Waals surface area contributed by atoms with Gasteiger partial charge in [-0.25, -0.2) is 5.90 Å². The molecule has 0 aliphatic carbocycles. The van der Waals surface area contributed by atoms with Gasteiger partial charge in [-0.05, 0) is 36.1 Å². The van der Waals surface area contributed by atoms with E-state index in [9.17, 15) is 5.11 Å². The predicted octanol–water partition coefficient (Wildman–Crippen LogP) is 1.39. The third kappa shape index (κ3) is 3.05. The smallest absolute Gasteiger partial charge is 0.116 e. The normalized spacial score (nSPS) is 10.3. The summed E-state index contributed by atoms with van der Waals surface area (Å²) >= 11 is 0. The molecule has 0 aromatic heterocycles. The van der Waals surface area contributed by atoms with Crippen LogP contribution in [0, 0.1) is 0 Å². The van der Waals surface area contributed by atoms with Crippen molar-refractivity contribution in [1.29, 1.82) is 0 Å². The summed E-state index contributed by atoms with van der Waals surface area (Å²) in [7, 11) is 0. The summed E-state index contributed by atoms with van der Waals surface area (Å²) in [5, 5.41) is 9.35. The van der Waals surface area contributed by atoms with Crippen LogP contribution < -0.4 is 5.90 Å². The number of aryl methyl sites for hydroxylation is 1. The Hall–Kier alpha value is -1.06. The second kappa shape index (κ2) is 4.84. The molecule has 0 unspecified atom stereocenters. The minimum absolute atomic E-state index is 0.311. The quantitative estimate of drug-likeness (QED) is 0.690. The third-order valence-electron chi connectivity index (χ3n) is 1.95. The van der Waals surface area contributed by atoms with Crippen LogP contribution in [0.25, 0.3) is 0 Å². The van der Waals surface area contributed by atoms with Gasteiger partial charge >= 0.3 is 0 Å². The summed E-state index contributed by atoms with van der Waals surface area (Å²) in [6.45, 7) is 2.53. The lowest BCUT2D eigenvalue weighted by atomic mass is 10.1. The molecule has 0 fully saturated rings. The molecule has 1 aromatic rings. The number of rotatable bonds is 4. The van der Waals surface area contributed by atoms with Crippen molar-refractivity contribution in [2.45, 2.75) is 19.8 Å². The van der Waals surface area contributed by atoms with Crippen LogP contribution in [0.4, 0.5) is 0 Å². The number of hydrogen-bond donors (Lipinski definition) is 2. The van der Waals surface area contributed by atoms with Crippen molar-refractivity contribution in [2.24, 2.45) is 5.90 Å². The first kappa shape index (κ1) is 10.0. The molecule has 13 heavy (non-hydrogen) atoms. The predicted molar refractivity (Wildman–Crippen MR) is 51.3 cm³/mol. The zero-order valence-corrected chi connectivity index (χ0v) is 7.79. The summed E-state index contributed by atoms with van der Waals surface area (Å²) in [5.41, 5.74) is 2.19. The van der Waals surface area contributed by atoms with Crippen LogP contribution in [-0.2, 0) is 17.7 Å². The second-order valence-electron chi connectivity index (χ2n) is 2.98. The Labute approximate surface area is 78.1 Å². The van der Waals surface area contributed by atoms with Crippen LogP contribution in [0.3, 0.4) is 0 Å². The van der Waals surface area contributed by atoms with E-state index in [-0.39, 0.29) is 0 Å². The first-order valence-corrected chi connectivity index (χ1v) is 4.39. The van der Waals surface area contributed by atoms with Crippen molar-refractivity contribution in [1.82, 2.24) is 0 Å². The van der Waals surface area contributed by atoms with Gasteiger partial charge in [0, 0.05) is 0 Å². The van der Waals surface area contributed by atoms with Gasteiger partial charge in [-0.1, -0.05) is 13.0 Å². The highest BCUT2D eigenvalue weighted by atomic mass is 16.6. The van der Waals surface area contributed by atoms with Gasteiger partial charge in [-0.2, -0.15) is 0 Å². The van der Waals surface area contributed by atoms with Crippen molar-refractivity contribution in [3.8, 4) is 5.75 Å². The summed E-state index contributed by atoms with van der Waals surface area (Å²) in [6.07, 6.45) is 1.66. The van der Waals surface area contributed by atoms with Crippen molar-refractivity contribution in [3.63, 3.8) is 0 Å². The van der Waals surface area contributed by atoms with E-state index in [1.807, 2.05) is 0 Å². The minimum Gasteiger partial charge on any atom is -0.508 e. The lowest BCUT2D eigenvalue weighted by Gasteiger charge is -2.04. The van der Waals surface area contributed by atoms with Crippen molar-refractivity contribution >= 4 is 0 Å². The lowest BCUT2D eigenvalue weighted by molar-refractivity contribution is 0.141. The molecule has 0 amide bonds. The summed E-state index contributed by atoms with van der Waals surface area (Å²) in [6, 6.07) is 5.56. The largest absolute Gasteiger partial charge is 0.508 e. The standard InChI is InChI=1S/C10H15NO2/c1-2-8-5-9(3-4-13-11)7-10(12)6-8/h5-7,12H,2-4,11H2,1H3. The van der Waals surface area contributed by atoms with Gasteiger partial charge in [0.1, 0.15) is 5.75 Å². The molecule has 3 heteroatoms. The van der Waals surface area contributed by atoms with E-state index in [4.69, 9.17) is 5.90 Å². The second-order valence-corrected chi connectivity index (χ2v) is 2.98. The fraction of sp³-hybridized carbons (Fsp3) is 0.400. The van der Waals surface area contributed by atoms with Crippen LogP contribution >= 0.6 is 0 Å². The number of aromatic hydroxyl groups is 1. The monoisotopic (exact) mass is 181 g/mol. The molecule has 1 aromatic carbocycles. The maximum Gasteiger partial charge on any atom is 0.116 e. The molecule has 1 rings (SSSR count). The van der Waals surface area contributed by atoms with E-state index in [0.29, 0.717) is 12.4 Å². The van der Waals surface area contributed by atoms with Crippen LogP contribution in [0.2, 0.25) is 0 Å². The Balaban J connectivity index is 2.76. The Morgan fingerprint density at radius 2 is 2.00 bits per heavy atom. The molecule has 3 nitrogen and oxygen atoms in total. The summed E-state index contributed by atoms with van der Waals surface area (Å²) in [5.74, 6) is 5.23. The Morgan fingerprint density at radius 3 is 2.62 bits per heavy atom. The molecule has 0 aliphatic heterocycles. The van der Waals surface area contributed by atoms with E-state index in [1.54, 1.807) is 12.1 Å². The average molecular weight is 181 g/mol. The molecule has 0 radical (unpaired) electrons. The SMILES string of the molecule is CCc1cc(O)cc(CCON)c1. The highest BCUT2D eigenvalue weighted by Gasteiger charge is 1.98. The fourth-order valence-corrected chi connectivity index (χ4v) is 1.27. The van der Waals surface area contributed by atoms with Gasteiger partial charge in [0.2, 0.25) is 0 Å². The number of phenols is 1. The first-order valence-electron chi connectivity index (χ1n) is 4.39. The molecule has 0 saturated carbocycles. The molecule has 0 atom stereocenters. The van der Waals surface area contributed by atoms with Gasteiger partial charge in [-0.3, -0.25) is 0 Å². The van der Waals surface area contributed by atoms with Crippen molar-refractivity contribution < 1.29 is 9.94 Å². The van der Waals surface area contributed by atoms with Gasteiger partial charge in [-0.15, -0.1) is 0 Å². The number of nitrogens with two attached hydrogens (primary N) is 1. The van der Waals surface area contributed by atoms with E-state index < -0.39 is 0 Å². The fourth-order valence-electron chi connectivity index (χ4n) is 1.27. The Bertz CT molecular complexity index is 274. The first-order chi connectivity index (χ1) is 6.26. The lowest BCUT2D eigenvalue weighted by Crippen LogP contribution is -2.03. The van der Waals surface area contributed by atoms with E-state index >= 15 is 0 Å². The molecule has 0 spiro atoms. The van der Waals surface area contributed by atoms with E-state index in [2.05, 4.69) is 17.8 Å². The summed E-state index contributed by atoms with van der Waals surface area (Å²) in [4.78, 5) is 4.48. The van der Waals surface area contributed by atoms with Gasteiger partial charge < -0.3 is 9.94 Å². The molecule has 0 heterocycles. The highest BCUT2D eigenvalue weighted by molar-refractivity contribution is 5.33. The molecule has 3 N–H and O–H groups in total.